The van der Waals surface area contributed by atoms with Crippen LogP contribution in [0.4, 0.5) is 0 Å². The lowest BCUT2D eigenvalue weighted by Crippen LogP contribution is -2.35. The molecule has 1 atom stereocenters. The zero-order valence-electron chi connectivity index (χ0n) is 11.3. The van der Waals surface area contributed by atoms with Crippen molar-refractivity contribution in [3.05, 3.63) is 29.8 Å². The van der Waals surface area contributed by atoms with Gasteiger partial charge < -0.3 is 15.8 Å². The van der Waals surface area contributed by atoms with E-state index in [0.717, 1.165) is 6.42 Å². The molecule has 1 aromatic rings. The number of carbonyl (C=O) groups excluding carboxylic acids is 1. The Labute approximate surface area is 119 Å². The minimum atomic E-state index is -0.148. The molecular formula is C14H20N2O2S. The molecule has 0 aliphatic rings. The zero-order valence-corrected chi connectivity index (χ0v) is 12.1. The summed E-state index contributed by atoms with van der Waals surface area (Å²) in [7, 11) is 0. The molecule has 19 heavy (non-hydrogen) atoms. The second kappa shape index (κ2) is 7.74. The minimum absolute atomic E-state index is 0.0785. The standard InChI is InChI=1S/C14H20N2O2S/c1-3-7-18-12-6-4-5-11(9-12)14(17)16-10(2)8-13(15)19/h4-6,9-10H,3,7-8H2,1-2H3,(H2,15,19)(H,16,17). The minimum Gasteiger partial charge on any atom is -0.494 e. The summed E-state index contributed by atoms with van der Waals surface area (Å²) in [6.07, 6.45) is 1.43. The SMILES string of the molecule is CCCOc1cccc(C(=O)NC(C)CC(N)=S)c1. The van der Waals surface area contributed by atoms with Gasteiger partial charge >= 0.3 is 0 Å². The van der Waals surface area contributed by atoms with Crippen molar-refractivity contribution in [3.63, 3.8) is 0 Å². The van der Waals surface area contributed by atoms with Crippen LogP contribution < -0.4 is 15.8 Å². The van der Waals surface area contributed by atoms with Crippen LogP contribution in [0.15, 0.2) is 24.3 Å². The van der Waals surface area contributed by atoms with Crippen LogP contribution in [0, 0.1) is 0 Å². The second-order valence-corrected chi connectivity index (χ2v) is 4.95. The fourth-order valence-corrected chi connectivity index (χ4v) is 1.86. The molecule has 0 heterocycles. The Bertz CT molecular complexity index is 449. The predicted molar refractivity (Wildman–Crippen MR) is 80.6 cm³/mol. The first-order valence-electron chi connectivity index (χ1n) is 6.35. The van der Waals surface area contributed by atoms with Crippen LogP contribution in [0.5, 0.6) is 5.75 Å². The summed E-state index contributed by atoms with van der Waals surface area (Å²) in [5.41, 5.74) is 6.02. The van der Waals surface area contributed by atoms with E-state index in [1.165, 1.54) is 0 Å². The van der Waals surface area contributed by atoms with Crippen LogP contribution in [0.25, 0.3) is 0 Å². The van der Waals surface area contributed by atoms with Crippen molar-refractivity contribution in [2.75, 3.05) is 6.61 Å². The number of ether oxygens (including phenoxy) is 1. The highest BCUT2D eigenvalue weighted by Crippen LogP contribution is 2.13. The van der Waals surface area contributed by atoms with Crippen molar-refractivity contribution in [3.8, 4) is 5.75 Å². The van der Waals surface area contributed by atoms with Crippen LogP contribution in [-0.2, 0) is 0 Å². The number of amides is 1. The molecular weight excluding hydrogens is 260 g/mol. The molecule has 0 radical (unpaired) electrons. The first kappa shape index (κ1) is 15.4. The van der Waals surface area contributed by atoms with Gasteiger partial charge in [0.2, 0.25) is 0 Å². The summed E-state index contributed by atoms with van der Waals surface area (Å²) in [5, 5.41) is 2.85. The molecule has 0 aromatic heterocycles. The van der Waals surface area contributed by atoms with E-state index in [1.807, 2.05) is 19.9 Å². The smallest absolute Gasteiger partial charge is 0.251 e. The van der Waals surface area contributed by atoms with Gasteiger partial charge in [0, 0.05) is 18.0 Å². The van der Waals surface area contributed by atoms with Gasteiger partial charge in [-0.2, -0.15) is 0 Å². The van der Waals surface area contributed by atoms with E-state index in [4.69, 9.17) is 22.7 Å². The van der Waals surface area contributed by atoms with Gasteiger partial charge in [-0.3, -0.25) is 4.79 Å². The van der Waals surface area contributed by atoms with Crippen LogP contribution in [0.1, 0.15) is 37.0 Å². The van der Waals surface area contributed by atoms with Gasteiger partial charge in [0.1, 0.15) is 5.75 Å². The summed E-state index contributed by atoms with van der Waals surface area (Å²) in [4.78, 5) is 12.4. The molecule has 1 amide bonds. The first-order chi connectivity index (χ1) is 9.02. The normalized spacial score (nSPS) is 11.7. The average molecular weight is 280 g/mol. The van der Waals surface area contributed by atoms with Gasteiger partial charge in [0.15, 0.2) is 0 Å². The number of nitrogens with two attached hydrogens (primary N) is 1. The average Bonchev–Trinajstić information content (AvgIpc) is 2.35. The lowest BCUT2D eigenvalue weighted by molar-refractivity contribution is 0.0941. The number of carbonyl (C=O) groups is 1. The molecule has 1 aromatic carbocycles. The molecule has 1 rings (SSSR count). The Hall–Kier alpha value is -1.62. The van der Waals surface area contributed by atoms with E-state index in [1.54, 1.807) is 18.2 Å². The van der Waals surface area contributed by atoms with Gasteiger partial charge in [0.05, 0.1) is 11.6 Å². The number of hydrogen-bond donors (Lipinski definition) is 2. The third kappa shape index (κ3) is 5.70. The number of hydrogen-bond acceptors (Lipinski definition) is 3. The van der Waals surface area contributed by atoms with Crippen molar-refractivity contribution in [2.45, 2.75) is 32.7 Å². The Balaban J connectivity index is 2.63. The number of rotatable bonds is 7. The zero-order chi connectivity index (χ0) is 14.3. The van der Waals surface area contributed by atoms with Crippen molar-refractivity contribution < 1.29 is 9.53 Å². The van der Waals surface area contributed by atoms with Crippen molar-refractivity contribution in [2.24, 2.45) is 5.73 Å². The Morgan fingerprint density at radius 1 is 1.53 bits per heavy atom. The second-order valence-electron chi connectivity index (χ2n) is 4.42. The predicted octanol–water partition coefficient (Wildman–Crippen LogP) is 2.27. The van der Waals surface area contributed by atoms with E-state index < -0.39 is 0 Å². The summed E-state index contributed by atoms with van der Waals surface area (Å²) in [5.74, 6) is 0.558. The van der Waals surface area contributed by atoms with Crippen LogP contribution in [-0.4, -0.2) is 23.5 Å². The highest BCUT2D eigenvalue weighted by Gasteiger charge is 2.11. The number of benzene rings is 1. The van der Waals surface area contributed by atoms with Gasteiger partial charge in [-0.15, -0.1) is 0 Å². The molecule has 0 aliphatic carbocycles. The highest BCUT2D eigenvalue weighted by atomic mass is 32.1. The maximum absolute atomic E-state index is 12.0. The lowest BCUT2D eigenvalue weighted by Gasteiger charge is -2.13. The molecule has 0 bridgehead atoms. The molecule has 0 spiro atoms. The van der Waals surface area contributed by atoms with E-state index in [-0.39, 0.29) is 11.9 Å². The van der Waals surface area contributed by atoms with Gasteiger partial charge in [0.25, 0.3) is 5.91 Å². The first-order valence-corrected chi connectivity index (χ1v) is 6.75. The van der Waals surface area contributed by atoms with Gasteiger partial charge in [-0.05, 0) is 31.5 Å². The van der Waals surface area contributed by atoms with Crippen molar-refractivity contribution >= 4 is 23.1 Å². The lowest BCUT2D eigenvalue weighted by atomic mass is 10.1. The monoisotopic (exact) mass is 280 g/mol. The molecule has 5 heteroatoms. The quantitative estimate of drug-likeness (QED) is 0.752. The molecule has 0 saturated carbocycles. The molecule has 4 nitrogen and oxygen atoms in total. The largest absolute Gasteiger partial charge is 0.494 e. The molecule has 104 valence electrons. The van der Waals surface area contributed by atoms with Gasteiger partial charge in [-0.25, -0.2) is 0 Å². The Kier molecular flexibility index (Phi) is 6.29. The highest BCUT2D eigenvalue weighted by molar-refractivity contribution is 7.80. The maximum Gasteiger partial charge on any atom is 0.251 e. The third-order valence-electron chi connectivity index (χ3n) is 2.45. The Morgan fingerprint density at radius 3 is 2.89 bits per heavy atom. The van der Waals surface area contributed by atoms with Crippen LogP contribution >= 0.6 is 12.2 Å². The fourth-order valence-electron chi connectivity index (χ4n) is 1.61. The third-order valence-corrected chi connectivity index (χ3v) is 2.62. The van der Waals surface area contributed by atoms with Crippen molar-refractivity contribution in [1.29, 1.82) is 0 Å². The van der Waals surface area contributed by atoms with Crippen LogP contribution in [0.2, 0.25) is 0 Å². The topological polar surface area (TPSA) is 64.3 Å². The summed E-state index contributed by atoms with van der Waals surface area (Å²) in [6.45, 7) is 4.55. The molecule has 1 unspecified atom stereocenters. The van der Waals surface area contributed by atoms with Crippen molar-refractivity contribution in [1.82, 2.24) is 5.32 Å². The summed E-state index contributed by atoms with van der Waals surface area (Å²) < 4.78 is 5.49. The van der Waals surface area contributed by atoms with E-state index in [9.17, 15) is 4.79 Å². The van der Waals surface area contributed by atoms with E-state index in [0.29, 0.717) is 29.3 Å². The summed E-state index contributed by atoms with van der Waals surface area (Å²) in [6, 6.07) is 7.05. The van der Waals surface area contributed by atoms with Crippen LogP contribution in [0.3, 0.4) is 0 Å². The van der Waals surface area contributed by atoms with E-state index >= 15 is 0 Å². The summed E-state index contributed by atoms with van der Waals surface area (Å²) >= 11 is 4.82. The van der Waals surface area contributed by atoms with Gasteiger partial charge in [-0.1, -0.05) is 25.2 Å². The Morgan fingerprint density at radius 2 is 2.26 bits per heavy atom. The van der Waals surface area contributed by atoms with E-state index in [2.05, 4.69) is 5.32 Å². The maximum atomic E-state index is 12.0. The fraction of sp³-hybridized carbons (Fsp3) is 0.429. The number of thiocarbonyl (C=S) groups is 1. The molecule has 3 N–H and O–H groups in total. The molecule has 0 aliphatic heterocycles. The molecule has 0 fully saturated rings. The molecule has 0 saturated heterocycles. The number of nitrogens with one attached hydrogen (secondary N) is 1.